The lowest BCUT2D eigenvalue weighted by Crippen LogP contribution is -2.46. The Balaban J connectivity index is 1.98. The number of nitrogens with two attached hydrogens (primary N) is 1. The fourth-order valence-electron chi connectivity index (χ4n) is 2.58. The number of rotatable bonds is 5. The second kappa shape index (κ2) is 7.50. The summed E-state index contributed by atoms with van der Waals surface area (Å²) in [7, 11) is -2.40. The van der Waals surface area contributed by atoms with Crippen molar-refractivity contribution in [3.8, 4) is 0 Å². The van der Waals surface area contributed by atoms with Crippen LogP contribution in [0, 0.1) is 5.92 Å². The Morgan fingerprint density at radius 3 is 2.29 bits per heavy atom. The van der Waals surface area contributed by atoms with Crippen LogP contribution < -0.4 is 5.73 Å². The van der Waals surface area contributed by atoms with Crippen LogP contribution in [0.4, 0.5) is 0 Å². The van der Waals surface area contributed by atoms with Crippen LogP contribution >= 0.6 is 11.6 Å². The summed E-state index contributed by atoms with van der Waals surface area (Å²) in [4.78, 5) is 25.1. The van der Waals surface area contributed by atoms with Crippen molar-refractivity contribution < 1.29 is 18.0 Å². The van der Waals surface area contributed by atoms with Gasteiger partial charge >= 0.3 is 0 Å². The molecule has 1 aromatic rings. The monoisotopic (exact) mass is 373 g/mol. The molecule has 0 saturated carbocycles. The number of sulfonamides is 1. The van der Waals surface area contributed by atoms with Gasteiger partial charge in [-0.3, -0.25) is 9.59 Å². The number of primary amides is 1. The van der Waals surface area contributed by atoms with E-state index in [0.29, 0.717) is 31.0 Å². The van der Waals surface area contributed by atoms with Gasteiger partial charge < -0.3 is 10.6 Å². The maximum Gasteiger partial charge on any atom is 0.243 e. The Hall–Kier alpha value is -1.64. The molecule has 2 amide bonds. The molecule has 0 atom stereocenters. The van der Waals surface area contributed by atoms with Gasteiger partial charge in [0, 0.05) is 31.1 Å². The number of halogens is 1. The van der Waals surface area contributed by atoms with Crippen molar-refractivity contribution in [1.82, 2.24) is 9.21 Å². The van der Waals surface area contributed by atoms with Crippen LogP contribution in [0.5, 0.6) is 0 Å². The van der Waals surface area contributed by atoms with Crippen LogP contribution in [0.25, 0.3) is 0 Å². The summed E-state index contributed by atoms with van der Waals surface area (Å²) in [5, 5.41) is 0.435. The highest BCUT2D eigenvalue weighted by Gasteiger charge is 2.29. The van der Waals surface area contributed by atoms with E-state index in [4.69, 9.17) is 17.3 Å². The van der Waals surface area contributed by atoms with E-state index < -0.39 is 10.0 Å². The molecule has 7 nitrogen and oxygen atoms in total. The Labute approximate surface area is 146 Å². The maximum atomic E-state index is 12.5. The Morgan fingerprint density at radius 2 is 1.79 bits per heavy atom. The summed E-state index contributed by atoms with van der Waals surface area (Å²) >= 11 is 5.76. The van der Waals surface area contributed by atoms with Crippen molar-refractivity contribution in [3.05, 3.63) is 29.3 Å². The van der Waals surface area contributed by atoms with Crippen LogP contribution in [0.3, 0.4) is 0 Å². The lowest BCUT2D eigenvalue weighted by Gasteiger charge is -2.31. The van der Waals surface area contributed by atoms with E-state index in [2.05, 4.69) is 0 Å². The molecule has 24 heavy (non-hydrogen) atoms. The van der Waals surface area contributed by atoms with Gasteiger partial charge in [-0.15, -0.1) is 0 Å². The Bertz CT molecular complexity index is 713. The third-order valence-electron chi connectivity index (χ3n) is 4.13. The minimum atomic E-state index is -3.76. The molecule has 1 aromatic carbocycles. The predicted molar refractivity (Wildman–Crippen MR) is 89.8 cm³/mol. The predicted octanol–water partition coefficient (Wildman–Crippen LogP) is 0.684. The van der Waals surface area contributed by atoms with Gasteiger partial charge in [-0.25, -0.2) is 8.42 Å². The Morgan fingerprint density at radius 1 is 1.25 bits per heavy atom. The molecular weight excluding hydrogens is 354 g/mol. The highest BCUT2D eigenvalue weighted by atomic mass is 35.5. The van der Waals surface area contributed by atoms with Crippen molar-refractivity contribution in [1.29, 1.82) is 0 Å². The normalized spacial score (nSPS) is 16.4. The van der Waals surface area contributed by atoms with E-state index in [1.54, 1.807) is 4.90 Å². The first-order valence-corrected chi connectivity index (χ1v) is 9.32. The van der Waals surface area contributed by atoms with E-state index in [1.165, 1.54) is 31.3 Å². The molecule has 0 aliphatic carbocycles. The third-order valence-corrected chi connectivity index (χ3v) is 6.20. The number of piperidine rings is 1. The molecule has 0 bridgehead atoms. The zero-order valence-electron chi connectivity index (χ0n) is 13.3. The summed E-state index contributed by atoms with van der Waals surface area (Å²) in [6.45, 7) is 0.550. The SMILES string of the molecule is CN(CC(=O)N1CCC(C(N)=O)CC1)S(=O)(=O)c1ccc(Cl)cc1. The molecular formula is C15H20ClN3O4S. The summed E-state index contributed by atoms with van der Waals surface area (Å²) in [6, 6.07) is 5.77. The first-order chi connectivity index (χ1) is 11.2. The number of amides is 2. The molecule has 1 fully saturated rings. The van der Waals surface area contributed by atoms with E-state index >= 15 is 0 Å². The lowest BCUT2D eigenvalue weighted by atomic mass is 9.96. The second-order valence-electron chi connectivity index (χ2n) is 5.77. The fourth-order valence-corrected chi connectivity index (χ4v) is 3.82. The summed E-state index contributed by atoms with van der Waals surface area (Å²) in [6.07, 6.45) is 1.02. The molecule has 0 unspecified atom stereocenters. The zero-order valence-corrected chi connectivity index (χ0v) is 14.9. The highest BCUT2D eigenvalue weighted by molar-refractivity contribution is 7.89. The van der Waals surface area contributed by atoms with Crippen LogP contribution in [0.15, 0.2) is 29.2 Å². The van der Waals surface area contributed by atoms with Crippen LogP contribution in [0.2, 0.25) is 5.02 Å². The first-order valence-electron chi connectivity index (χ1n) is 7.51. The Kier molecular flexibility index (Phi) is 5.84. The standard InChI is InChI=1S/C15H20ClN3O4S/c1-18(24(22,23)13-4-2-12(16)3-5-13)10-14(20)19-8-6-11(7-9-19)15(17)21/h2-5,11H,6-10H2,1H3,(H2,17,21). The van der Waals surface area contributed by atoms with E-state index in [1.807, 2.05) is 0 Å². The minimum absolute atomic E-state index is 0.0784. The molecule has 1 saturated heterocycles. The number of hydrogen-bond acceptors (Lipinski definition) is 4. The molecule has 2 N–H and O–H groups in total. The van der Waals surface area contributed by atoms with Gasteiger partial charge in [0.05, 0.1) is 11.4 Å². The van der Waals surface area contributed by atoms with Crippen molar-refractivity contribution in [2.45, 2.75) is 17.7 Å². The van der Waals surface area contributed by atoms with Crippen LogP contribution in [-0.2, 0) is 19.6 Å². The second-order valence-corrected chi connectivity index (χ2v) is 8.25. The summed E-state index contributed by atoms with van der Waals surface area (Å²) in [5.41, 5.74) is 5.26. The number of benzene rings is 1. The van der Waals surface area contributed by atoms with E-state index in [0.717, 1.165) is 4.31 Å². The van der Waals surface area contributed by atoms with Gasteiger partial charge in [-0.2, -0.15) is 4.31 Å². The average Bonchev–Trinajstić information content (AvgIpc) is 2.55. The quantitative estimate of drug-likeness (QED) is 0.820. The van der Waals surface area contributed by atoms with Gasteiger partial charge in [0.25, 0.3) is 0 Å². The van der Waals surface area contributed by atoms with Crippen LogP contribution in [-0.4, -0.2) is 56.1 Å². The molecule has 0 aromatic heterocycles. The van der Waals surface area contributed by atoms with Crippen LogP contribution in [0.1, 0.15) is 12.8 Å². The molecule has 1 aliphatic rings. The van der Waals surface area contributed by atoms with Crippen molar-refractivity contribution in [2.75, 3.05) is 26.7 Å². The van der Waals surface area contributed by atoms with Gasteiger partial charge in [-0.1, -0.05) is 11.6 Å². The summed E-state index contributed by atoms with van der Waals surface area (Å²) in [5.74, 6) is -0.868. The van der Waals surface area contributed by atoms with Crippen molar-refractivity contribution in [2.24, 2.45) is 11.7 Å². The molecule has 0 spiro atoms. The molecule has 2 rings (SSSR count). The molecule has 1 aliphatic heterocycles. The largest absolute Gasteiger partial charge is 0.369 e. The highest BCUT2D eigenvalue weighted by Crippen LogP contribution is 2.19. The molecule has 1 heterocycles. The van der Waals surface area contributed by atoms with E-state index in [9.17, 15) is 18.0 Å². The van der Waals surface area contributed by atoms with Gasteiger partial charge in [0.2, 0.25) is 21.8 Å². The minimum Gasteiger partial charge on any atom is -0.369 e. The first kappa shape index (κ1) is 18.7. The number of hydrogen-bond donors (Lipinski definition) is 1. The molecule has 132 valence electrons. The topological polar surface area (TPSA) is 101 Å². The average molecular weight is 374 g/mol. The lowest BCUT2D eigenvalue weighted by molar-refractivity contribution is -0.134. The molecule has 9 heteroatoms. The number of nitrogens with zero attached hydrogens (tertiary/aromatic N) is 2. The zero-order chi connectivity index (χ0) is 17.9. The van der Waals surface area contributed by atoms with Gasteiger partial charge in [0.15, 0.2) is 0 Å². The number of carbonyl (C=O) groups is 2. The fraction of sp³-hybridized carbons (Fsp3) is 0.467. The summed E-state index contributed by atoms with van der Waals surface area (Å²) < 4.78 is 25.9. The number of likely N-dealkylation sites (N-methyl/N-ethyl adjacent to an activating group) is 1. The number of carbonyl (C=O) groups excluding carboxylic acids is 2. The van der Waals surface area contributed by atoms with Crippen molar-refractivity contribution >= 4 is 33.4 Å². The molecule has 0 radical (unpaired) electrons. The van der Waals surface area contributed by atoms with E-state index in [-0.39, 0.29) is 29.2 Å². The smallest absolute Gasteiger partial charge is 0.243 e. The van der Waals surface area contributed by atoms with Crippen molar-refractivity contribution in [3.63, 3.8) is 0 Å². The van der Waals surface area contributed by atoms with Gasteiger partial charge in [-0.05, 0) is 37.1 Å². The number of likely N-dealkylation sites (tertiary alicyclic amines) is 1. The third kappa shape index (κ3) is 4.25. The maximum absolute atomic E-state index is 12.5. The van der Waals surface area contributed by atoms with Gasteiger partial charge in [0.1, 0.15) is 0 Å².